The van der Waals surface area contributed by atoms with E-state index in [1.165, 1.54) is 29.8 Å². The van der Waals surface area contributed by atoms with E-state index in [1.54, 1.807) is 24.3 Å². The second-order valence-electron chi connectivity index (χ2n) is 4.22. The summed E-state index contributed by atoms with van der Waals surface area (Å²) in [4.78, 5) is 4.03. The minimum absolute atomic E-state index is 0.0951. The molecule has 0 atom stereocenters. The summed E-state index contributed by atoms with van der Waals surface area (Å²) >= 11 is 0. The van der Waals surface area contributed by atoms with E-state index in [9.17, 15) is 8.42 Å². The van der Waals surface area contributed by atoms with Gasteiger partial charge in [-0.15, -0.1) is 0 Å². The normalized spacial score (nSPS) is 10.6. The second kappa shape index (κ2) is 6.39. The molecule has 0 spiro atoms. The van der Waals surface area contributed by atoms with Crippen LogP contribution in [0.3, 0.4) is 0 Å². The van der Waals surface area contributed by atoms with Gasteiger partial charge in [0.2, 0.25) is 0 Å². The fourth-order valence-corrected chi connectivity index (χ4v) is 2.90. The monoisotopic (exact) mass is 301 g/mol. The zero-order valence-corrected chi connectivity index (χ0v) is 12.3. The third kappa shape index (κ3) is 3.40. The van der Waals surface area contributed by atoms with Crippen molar-refractivity contribution in [3.8, 4) is 11.8 Å². The molecule has 0 saturated heterocycles. The van der Waals surface area contributed by atoms with Crippen LogP contribution in [0.2, 0.25) is 0 Å². The molecule has 108 valence electrons. The molecule has 5 nitrogen and oxygen atoms in total. The zero-order chi connectivity index (χ0) is 15.3. The van der Waals surface area contributed by atoms with Crippen molar-refractivity contribution in [3.63, 3.8) is 0 Å². The van der Waals surface area contributed by atoms with Crippen LogP contribution in [0.1, 0.15) is 5.56 Å². The summed E-state index contributed by atoms with van der Waals surface area (Å²) in [6.45, 7) is 0.209. The molecule has 2 aromatic rings. The van der Waals surface area contributed by atoms with Crippen LogP contribution in [0.25, 0.3) is 0 Å². The van der Waals surface area contributed by atoms with Crippen molar-refractivity contribution in [3.05, 3.63) is 54.4 Å². The van der Waals surface area contributed by atoms with E-state index < -0.39 is 10.0 Å². The van der Waals surface area contributed by atoms with Crippen molar-refractivity contribution in [1.29, 1.82) is 0 Å². The van der Waals surface area contributed by atoms with Crippen LogP contribution in [0.4, 0.5) is 5.69 Å². The van der Waals surface area contributed by atoms with Crippen LogP contribution in [0, 0.1) is 11.8 Å². The van der Waals surface area contributed by atoms with Crippen molar-refractivity contribution < 1.29 is 8.42 Å². The lowest BCUT2D eigenvalue weighted by molar-refractivity contribution is 0.594. The summed E-state index contributed by atoms with van der Waals surface area (Å²) in [5, 5.41) is 0. The maximum absolute atomic E-state index is 12.6. The lowest BCUT2D eigenvalue weighted by Gasteiger charge is -2.19. The van der Waals surface area contributed by atoms with E-state index in [0.29, 0.717) is 11.3 Å². The molecular weight excluding hydrogens is 286 g/mol. The van der Waals surface area contributed by atoms with Gasteiger partial charge in [-0.25, -0.2) is 8.42 Å². The highest BCUT2D eigenvalue weighted by Gasteiger charge is 2.21. The van der Waals surface area contributed by atoms with E-state index in [4.69, 9.17) is 5.73 Å². The van der Waals surface area contributed by atoms with Gasteiger partial charge in [0.25, 0.3) is 10.0 Å². The number of pyridine rings is 1. The molecule has 0 saturated carbocycles. The van der Waals surface area contributed by atoms with Gasteiger partial charge in [0, 0.05) is 25.0 Å². The highest BCUT2D eigenvalue weighted by molar-refractivity contribution is 7.92. The fraction of sp³-hybridized carbons (Fsp3) is 0.133. The second-order valence-corrected chi connectivity index (χ2v) is 6.19. The predicted octanol–water partition coefficient (Wildman–Crippen LogP) is 1.22. The number of sulfonamides is 1. The quantitative estimate of drug-likeness (QED) is 0.865. The van der Waals surface area contributed by atoms with E-state index >= 15 is 0 Å². The Morgan fingerprint density at radius 2 is 1.95 bits per heavy atom. The van der Waals surface area contributed by atoms with Gasteiger partial charge in [-0.05, 0) is 18.2 Å². The van der Waals surface area contributed by atoms with Crippen LogP contribution in [-0.4, -0.2) is 27.0 Å². The Bertz CT molecular complexity index is 777. The van der Waals surface area contributed by atoms with Crippen molar-refractivity contribution in [2.45, 2.75) is 4.90 Å². The summed E-state index contributed by atoms with van der Waals surface area (Å²) in [5.74, 6) is 5.45. The van der Waals surface area contributed by atoms with Crippen LogP contribution in [0.5, 0.6) is 0 Å². The largest absolute Gasteiger partial charge is 0.320 e. The van der Waals surface area contributed by atoms with Crippen molar-refractivity contribution >= 4 is 15.7 Å². The first kappa shape index (κ1) is 15.0. The van der Waals surface area contributed by atoms with Crippen LogP contribution < -0.4 is 10.0 Å². The average molecular weight is 301 g/mol. The molecule has 1 aromatic carbocycles. The van der Waals surface area contributed by atoms with Gasteiger partial charge >= 0.3 is 0 Å². The van der Waals surface area contributed by atoms with Crippen LogP contribution >= 0.6 is 0 Å². The number of benzene rings is 1. The summed E-state index contributed by atoms with van der Waals surface area (Å²) in [6.07, 6.45) is 2.81. The molecule has 2 N–H and O–H groups in total. The highest BCUT2D eigenvalue weighted by atomic mass is 32.2. The third-order valence-electron chi connectivity index (χ3n) is 2.83. The Kier molecular flexibility index (Phi) is 4.58. The lowest BCUT2D eigenvalue weighted by Crippen LogP contribution is -2.26. The van der Waals surface area contributed by atoms with E-state index in [2.05, 4.69) is 16.8 Å². The molecule has 0 radical (unpaired) electrons. The van der Waals surface area contributed by atoms with Crippen molar-refractivity contribution in [2.24, 2.45) is 5.73 Å². The first-order valence-electron chi connectivity index (χ1n) is 6.23. The maximum atomic E-state index is 12.6. The highest BCUT2D eigenvalue weighted by Crippen LogP contribution is 2.21. The van der Waals surface area contributed by atoms with Gasteiger partial charge in [0.1, 0.15) is 4.90 Å². The number of nitrogens with two attached hydrogens (primary N) is 1. The first-order valence-corrected chi connectivity index (χ1v) is 7.67. The van der Waals surface area contributed by atoms with E-state index in [0.717, 1.165) is 0 Å². The Hall–Kier alpha value is -2.36. The third-order valence-corrected chi connectivity index (χ3v) is 4.58. The zero-order valence-electron chi connectivity index (χ0n) is 11.5. The van der Waals surface area contributed by atoms with Gasteiger partial charge < -0.3 is 5.73 Å². The van der Waals surface area contributed by atoms with Gasteiger partial charge in [-0.1, -0.05) is 30.0 Å². The van der Waals surface area contributed by atoms with E-state index in [1.807, 2.05) is 6.07 Å². The van der Waals surface area contributed by atoms with E-state index in [-0.39, 0.29) is 11.4 Å². The van der Waals surface area contributed by atoms with Crippen LogP contribution in [0.15, 0.2) is 53.7 Å². The summed E-state index contributed by atoms with van der Waals surface area (Å²) in [5.41, 5.74) is 6.40. The molecule has 0 fully saturated rings. The standard InChI is InChI=1S/C15H15N3O2S/c1-18(14-7-3-2-4-8-14)21(19,20)15-10-13(6-5-9-16)11-17-12-15/h2-4,7-8,10-12H,9,16H2,1H3. The number of anilines is 1. The Labute approximate surface area is 124 Å². The van der Waals surface area contributed by atoms with Gasteiger partial charge in [0.05, 0.1) is 12.2 Å². The van der Waals surface area contributed by atoms with Crippen molar-refractivity contribution in [1.82, 2.24) is 4.98 Å². The molecule has 0 aliphatic carbocycles. The summed E-state index contributed by atoms with van der Waals surface area (Å²) in [7, 11) is -2.16. The topological polar surface area (TPSA) is 76.3 Å². The number of para-hydroxylation sites is 1. The molecule has 1 heterocycles. The first-order chi connectivity index (χ1) is 10.1. The Morgan fingerprint density at radius 1 is 1.24 bits per heavy atom. The number of nitrogens with zero attached hydrogens (tertiary/aromatic N) is 2. The number of rotatable bonds is 3. The SMILES string of the molecule is CN(c1ccccc1)S(=O)(=O)c1cncc(C#CCN)c1. The molecular formula is C15H15N3O2S. The minimum atomic E-state index is -3.67. The average Bonchev–Trinajstić information content (AvgIpc) is 2.53. The molecule has 0 aliphatic heterocycles. The Morgan fingerprint density at radius 3 is 2.62 bits per heavy atom. The molecule has 0 aliphatic rings. The predicted molar refractivity (Wildman–Crippen MR) is 82.2 cm³/mol. The summed E-state index contributed by atoms with van der Waals surface area (Å²) < 4.78 is 26.4. The number of hydrogen-bond acceptors (Lipinski definition) is 4. The molecule has 1 aromatic heterocycles. The lowest BCUT2D eigenvalue weighted by atomic mass is 10.3. The molecule has 21 heavy (non-hydrogen) atoms. The Balaban J connectivity index is 2.40. The number of aromatic nitrogens is 1. The molecule has 2 rings (SSSR count). The van der Waals surface area contributed by atoms with Gasteiger partial charge in [-0.3, -0.25) is 9.29 Å². The minimum Gasteiger partial charge on any atom is -0.320 e. The van der Waals surface area contributed by atoms with Gasteiger partial charge in [-0.2, -0.15) is 0 Å². The molecule has 0 bridgehead atoms. The molecule has 0 amide bonds. The summed E-state index contributed by atoms with van der Waals surface area (Å²) in [6, 6.07) is 10.3. The van der Waals surface area contributed by atoms with Crippen LogP contribution in [-0.2, 0) is 10.0 Å². The fourth-order valence-electron chi connectivity index (χ4n) is 1.72. The molecule has 0 unspecified atom stereocenters. The molecule has 6 heteroatoms. The number of hydrogen-bond donors (Lipinski definition) is 1. The smallest absolute Gasteiger partial charge is 0.265 e. The van der Waals surface area contributed by atoms with Crippen molar-refractivity contribution in [2.75, 3.05) is 17.9 Å². The maximum Gasteiger partial charge on any atom is 0.265 e. The van der Waals surface area contributed by atoms with Gasteiger partial charge in [0.15, 0.2) is 0 Å².